The van der Waals surface area contributed by atoms with E-state index in [-0.39, 0.29) is 31.4 Å². The molecule has 0 unspecified atom stereocenters. The van der Waals surface area contributed by atoms with E-state index in [2.05, 4.69) is 25.6 Å². The number of hydrogen-bond acceptors (Lipinski definition) is 4. The van der Waals surface area contributed by atoms with Crippen molar-refractivity contribution in [2.45, 2.75) is 25.7 Å². The summed E-state index contributed by atoms with van der Waals surface area (Å²) in [5.41, 5.74) is 1.87. The first-order valence-corrected chi connectivity index (χ1v) is 9.10. The van der Waals surface area contributed by atoms with Gasteiger partial charge in [0.2, 0.25) is 0 Å². The number of aromatic nitrogens is 3. The number of rotatable bonds is 3. The lowest BCUT2D eigenvalue weighted by Gasteiger charge is -2.33. The van der Waals surface area contributed by atoms with Crippen LogP contribution >= 0.6 is 0 Å². The molecule has 1 fully saturated rings. The number of hydrogen-bond donors (Lipinski definition) is 3. The molecule has 1 aliphatic heterocycles. The summed E-state index contributed by atoms with van der Waals surface area (Å²) in [5.74, 6) is -2.50. The number of anilines is 3. The van der Waals surface area contributed by atoms with E-state index < -0.39 is 17.8 Å². The topological polar surface area (TPSA) is 85.9 Å². The molecule has 4 rings (SSSR count). The Hall–Kier alpha value is -3.30. The zero-order valence-corrected chi connectivity index (χ0v) is 15.6. The fraction of sp³-hybridized carbons (Fsp3) is 0.316. The molecule has 0 spiro atoms. The van der Waals surface area contributed by atoms with Crippen LogP contribution in [-0.4, -0.2) is 40.0 Å². The molecule has 0 aromatic carbocycles. The Morgan fingerprint density at radius 3 is 2.69 bits per heavy atom. The number of nitrogens with zero attached hydrogens (tertiary/aromatic N) is 3. The van der Waals surface area contributed by atoms with Gasteiger partial charge in [0.05, 0.1) is 29.3 Å². The summed E-state index contributed by atoms with van der Waals surface area (Å²) in [5, 5.41) is 5.75. The van der Waals surface area contributed by atoms with E-state index in [0.29, 0.717) is 22.6 Å². The molecule has 0 saturated carbocycles. The maximum absolute atomic E-state index is 13.7. The molecule has 1 aliphatic rings. The molecule has 152 valence electrons. The summed E-state index contributed by atoms with van der Waals surface area (Å²) in [4.78, 5) is 25.0. The molecule has 29 heavy (non-hydrogen) atoms. The lowest BCUT2D eigenvalue weighted by atomic mass is 10.1. The summed E-state index contributed by atoms with van der Waals surface area (Å²) < 4.78 is 40.4. The van der Waals surface area contributed by atoms with Gasteiger partial charge in [0.15, 0.2) is 5.82 Å². The van der Waals surface area contributed by atoms with Gasteiger partial charge in [-0.15, -0.1) is 0 Å². The molecule has 10 heteroatoms. The van der Waals surface area contributed by atoms with Gasteiger partial charge < -0.3 is 20.5 Å². The van der Waals surface area contributed by atoms with Crippen molar-refractivity contribution in [3.05, 3.63) is 42.2 Å². The minimum atomic E-state index is -2.62. The van der Waals surface area contributed by atoms with Crippen molar-refractivity contribution in [2.75, 3.05) is 28.6 Å². The maximum atomic E-state index is 13.7. The predicted molar refractivity (Wildman–Crippen MR) is 104 cm³/mol. The highest BCUT2D eigenvalue weighted by Crippen LogP contribution is 2.31. The number of halogens is 3. The standard InChI is InChI=1S/C19H19F3N6O/c1-11-6-12(7-25-17(11)28-4-2-19(21,22)3-5-28)26-18(29)27-15-10-24-16-13(15)8-23-9-14(16)20/h6-10,24H,2-5H2,1H3,(H2,26,27,29). The average Bonchev–Trinajstić information content (AvgIpc) is 3.06. The third kappa shape index (κ3) is 3.96. The Kier molecular flexibility index (Phi) is 4.77. The summed E-state index contributed by atoms with van der Waals surface area (Å²) >= 11 is 0. The van der Waals surface area contributed by atoms with Crippen molar-refractivity contribution in [3.63, 3.8) is 0 Å². The molecule has 7 nitrogen and oxygen atoms in total. The average molecular weight is 404 g/mol. The number of urea groups is 1. The smallest absolute Gasteiger partial charge is 0.323 e. The first-order chi connectivity index (χ1) is 13.8. The summed E-state index contributed by atoms with van der Waals surface area (Å²) in [6, 6.07) is 1.20. The Morgan fingerprint density at radius 2 is 1.97 bits per heavy atom. The van der Waals surface area contributed by atoms with E-state index in [1.807, 2.05) is 11.8 Å². The van der Waals surface area contributed by atoms with E-state index in [9.17, 15) is 18.0 Å². The van der Waals surface area contributed by atoms with Gasteiger partial charge in [-0.2, -0.15) is 0 Å². The second kappa shape index (κ2) is 7.26. The van der Waals surface area contributed by atoms with Gasteiger partial charge in [-0.3, -0.25) is 4.98 Å². The van der Waals surface area contributed by atoms with Crippen LogP contribution in [0.5, 0.6) is 0 Å². The molecule has 0 bridgehead atoms. The lowest BCUT2D eigenvalue weighted by Crippen LogP contribution is -2.40. The molecule has 0 radical (unpaired) electrons. The minimum absolute atomic E-state index is 0.198. The van der Waals surface area contributed by atoms with Gasteiger partial charge in [0, 0.05) is 43.7 Å². The second-order valence-corrected chi connectivity index (χ2v) is 7.03. The summed E-state index contributed by atoms with van der Waals surface area (Å²) in [7, 11) is 0. The SMILES string of the molecule is Cc1cc(NC(=O)Nc2c[nH]c3c(F)cncc23)cnc1N1CCC(F)(F)CC1. The van der Waals surface area contributed by atoms with E-state index in [1.165, 1.54) is 18.6 Å². The first kappa shape index (κ1) is 19.0. The number of fused-ring (bicyclic) bond motifs is 1. The van der Waals surface area contributed by atoms with Gasteiger partial charge in [-0.1, -0.05) is 0 Å². The van der Waals surface area contributed by atoms with Crippen molar-refractivity contribution in [2.24, 2.45) is 0 Å². The number of carbonyl (C=O) groups is 1. The summed E-state index contributed by atoms with van der Waals surface area (Å²) in [6.07, 6.45) is 5.10. The maximum Gasteiger partial charge on any atom is 0.323 e. The molecule has 3 aromatic rings. The lowest BCUT2D eigenvalue weighted by molar-refractivity contribution is -0.0221. The molecule has 3 N–H and O–H groups in total. The summed E-state index contributed by atoms with van der Waals surface area (Å²) in [6.45, 7) is 2.28. The monoisotopic (exact) mass is 404 g/mol. The van der Waals surface area contributed by atoms with Crippen molar-refractivity contribution in [3.8, 4) is 0 Å². The van der Waals surface area contributed by atoms with Crippen LogP contribution in [0.2, 0.25) is 0 Å². The van der Waals surface area contributed by atoms with Crippen LogP contribution in [0.3, 0.4) is 0 Å². The second-order valence-electron chi connectivity index (χ2n) is 7.03. The van der Waals surface area contributed by atoms with Crippen LogP contribution in [0.15, 0.2) is 30.9 Å². The quantitative estimate of drug-likeness (QED) is 0.608. The van der Waals surface area contributed by atoms with Crippen LogP contribution in [0.4, 0.5) is 35.2 Å². The van der Waals surface area contributed by atoms with Crippen molar-refractivity contribution in [1.82, 2.24) is 15.0 Å². The van der Waals surface area contributed by atoms with Gasteiger partial charge in [0.25, 0.3) is 5.92 Å². The Bertz CT molecular complexity index is 1060. The van der Waals surface area contributed by atoms with Crippen molar-refractivity contribution in [1.29, 1.82) is 0 Å². The van der Waals surface area contributed by atoms with Gasteiger partial charge in [0.1, 0.15) is 5.82 Å². The van der Waals surface area contributed by atoms with Gasteiger partial charge in [-0.25, -0.2) is 22.9 Å². The van der Waals surface area contributed by atoms with Crippen LogP contribution in [-0.2, 0) is 0 Å². The zero-order valence-electron chi connectivity index (χ0n) is 15.6. The van der Waals surface area contributed by atoms with E-state index >= 15 is 0 Å². The third-order valence-corrected chi connectivity index (χ3v) is 4.90. The highest BCUT2D eigenvalue weighted by molar-refractivity contribution is 6.05. The Balaban J connectivity index is 1.43. The Morgan fingerprint density at radius 1 is 1.21 bits per heavy atom. The van der Waals surface area contributed by atoms with Crippen LogP contribution in [0.25, 0.3) is 10.9 Å². The van der Waals surface area contributed by atoms with Gasteiger partial charge >= 0.3 is 6.03 Å². The number of piperidine rings is 1. The van der Waals surface area contributed by atoms with Crippen molar-refractivity contribution < 1.29 is 18.0 Å². The fourth-order valence-corrected chi connectivity index (χ4v) is 3.41. The molecule has 4 heterocycles. The number of amides is 2. The largest absolute Gasteiger partial charge is 0.357 e. The number of pyridine rings is 2. The minimum Gasteiger partial charge on any atom is -0.357 e. The number of alkyl halides is 2. The number of aromatic amines is 1. The molecular formula is C19H19F3N6O. The van der Waals surface area contributed by atoms with Crippen LogP contribution < -0.4 is 15.5 Å². The third-order valence-electron chi connectivity index (χ3n) is 4.90. The molecular weight excluding hydrogens is 385 g/mol. The number of H-pyrrole nitrogens is 1. The predicted octanol–water partition coefficient (Wildman–Crippen LogP) is 4.28. The first-order valence-electron chi connectivity index (χ1n) is 9.10. The molecule has 0 atom stereocenters. The van der Waals surface area contributed by atoms with Gasteiger partial charge in [-0.05, 0) is 18.6 Å². The fourth-order valence-electron chi connectivity index (χ4n) is 3.41. The van der Waals surface area contributed by atoms with Crippen molar-refractivity contribution >= 4 is 34.1 Å². The Labute approximate surface area is 164 Å². The highest BCUT2D eigenvalue weighted by Gasteiger charge is 2.34. The van der Waals surface area contributed by atoms with Crippen LogP contribution in [0.1, 0.15) is 18.4 Å². The molecule has 2 amide bonds. The highest BCUT2D eigenvalue weighted by atomic mass is 19.3. The zero-order chi connectivity index (χ0) is 20.6. The number of nitrogens with one attached hydrogen (secondary N) is 3. The number of aryl methyl sites for hydroxylation is 1. The van der Waals surface area contributed by atoms with E-state index in [0.717, 1.165) is 11.8 Å². The molecule has 3 aromatic heterocycles. The van der Waals surface area contributed by atoms with E-state index in [1.54, 1.807) is 6.07 Å². The molecule has 0 aliphatic carbocycles. The number of carbonyl (C=O) groups excluding carboxylic acids is 1. The van der Waals surface area contributed by atoms with Crippen LogP contribution in [0, 0.1) is 12.7 Å². The molecule has 1 saturated heterocycles. The van der Waals surface area contributed by atoms with E-state index in [4.69, 9.17) is 0 Å². The normalized spacial score (nSPS) is 16.1.